The number of nitrogens with one attached hydrogen (secondary N) is 3. The number of aromatic nitrogens is 4. The first kappa shape index (κ1) is 34.4. The van der Waals surface area contributed by atoms with Crippen LogP contribution in [0.2, 0.25) is 0 Å². The number of hydrogen-bond donors (Lipinski definition) is 5. The molecule has 2 heterocycles. The van der Waals surface area contributed by atoms with E-state index in [1.807, 2.05) is 0 Å². The quantitative estimate of drug-likeness (QED) is 0.0592. The molecule has 2 aromatic heterocycles. The number of nitrogens with two attached hydrogens (primary N) is 2. The molecule has 0 bridgehead atoms. The number of hydrazine groups is 1. The third-order valence-electron chi connectivity index (χ3n) is 7.07. The van der Waals surface area contributed by atoms with Crippen molar-refractivity contribution < 1.29 is 33.6 Å². The number of benzene rings is 2. The molecule has 48 heavy (non-hydrogen) atoms. The molecule has 0 aliphatic carbocycles. The van der Waals surface area contributed by atoms with E-state index in [0.717, 1.165) is 6.07 Å². The van der Waals surface area contributed by atoms with E-state index in [9.17, 15) is 29.3 Å². The number of nitro benzene ring substituents is 1. The maximum Gasteiger partial charge on any atom is 0.340 e. The Morgan fingerprint density at radius 3 is 2.40 bits per heavy atom. The van der Waals surface area contributed by atoms with Gasteiger partial charge in [-0.1, -0.05) is 18.6 Å². The Kier molecular flexibility index (Phi) is 11.3. The molecule has 0 unspecified atom stereocenters. The lowest BCUT2D eigenvalue weighted by atomic mass is 9.92. The average molecular weight is 661 g/mol. The summed E-state index contributed by atoms with van der Waals surface area (Å²) in [6.45, 7) is 0.408. The molecule has 0 spiro atoms. The molecule has 250 valence electrons. The Morgan fingerprint density at radius 1 is 0.958 bits per heavy atom. The molecular weight excluding hydrogens is 628 g/mol. The van der Waals surface area contributed by atoms with Gasteiger partial charge >= 0.3 is 11.9 Å². The molecule has 18 nitrogen and oxygen atoms in total. The van der Waals surface area contributed by atoms with E-state index < -0.39 is 34.6 Å². The van der Waals surface area contributed by atoms with Gasteiger partial charge in [0.2, 0.25) is 11.9 Å². The molecule has 1 atom stereocenters. The van der Waals surface area contributed by atoms with Gasteiger partial charge in [0.25, 0.3) is 11.6 Å². The molecule has 0 radical (unpaired) electrons. The molecule has 4 rings (SSSR count). The summed E-state index contributed by atoms with van der Waals surface area (Å²) >= 11 is 0. The number of fused-ring (bicyclic) bond motifs is 1. The molecular formula is C30H32N10O8. The van der Waals surface area contributed by atoms with Crippen LogP contribution in [0.3, 0.4) is 0 Å². The van der Waals surface area contributed by atoms with Crippen LogP contribution >= 0.6 is 0 Å². The monoisotopic (exact) mass is 660 g/mol. The van der Waals surface area contributed by atoms with E-state index >= 15 is 0 Å². The highest BCUT2D eigenvalue weighted by Gasteiger charge is 2.22. The first-order valence-electron chi connectivity index (χ1n) is 14.4. The van der Waals surface area contributed by atoms with Gasteiger partial charge in [-0.3, -0.25) is 35.3 Å². The number of nitrogens with zero attached hydrogens (tertiary/aromatic N) is 5. The highest BCUT2D eigenvalue weighted by molar-refractivity contribution is 5.97. The normalized spacial score (nSPS) is 11.3. The maximum atomic E-state index is 12.7. The zero-order valence-corrected chi connectivity index (χ0v) is 25.9. The van der Waals surface area contributed by atoms with Crippen molar-refractivity contribution in [2.75, 3.05) is 37.5 Å². The van der Waals surface area contributed by atoms with Crippen molar-refractivity contribution >= 4 is 58.1 Å². The first-order valence-corrected chi connectivity index (χ1v) is 14.4. The topological polar surface area (TPSA) is 270 Å². The molecule has 2 aromatic carbocycles. The third-order valence-corrected chi connectivity index (χ3v) is 7.07. The van der Waals surface area contributed by atoms with Crippen molar-refractivity contribution in [2.24, 2.45) is 0 Å². The predicted molar refractivity (Wildman–Crippen MR) is 171 cm³/mol. The number of nitrogen functional groups attached to an aromatic ring is 2. The zero-order valence-electron chi connectivity index (χ0n) is 25.9. The largest absolute Gasteiger partial charge is 0.469 e. The highest BCUT2D eigenvalue weighted by atomic mass is 16.6. The summed E-state index contributed by atoms with van der Waals surface area (Å²) in [4.78, 5) is 76.4. The van der Waals surface area contributed by atoms with Crippen molar-refractivity contribution in [2.45, 2.75) is 31.6 Å². The number of hydrogen-bond acceptors (Lipinski definition) is 15. The van der Waals surface area contributed by atoms with E-state index in [2.05, 4.69) is 36.1 Å². The van der Waals surface area contributed by atoms with Gasteiger partial charge < -0.3 is 26.3 Å². The van der Waals surface area contributed by atoms with E-state index in [0.29, 0.717) is 37.1 Å². The van der Waals surface area contributed by atoms with Gasteiger partial charge in [0.1, 0.15) is 0 Å². The lowest BCUT2D eigenvalue weighted by Gasteiger charge is -2.16. The molecule has 0 aliphatic rings. The van der Waals surface area contributed by atoms with Crippen LogP contribution in [-0.4, -0.2) is 69.4 Å². The number of non-ortho nitro benzene ring substituents is 1. The number of anilines is 3. The molecule has 7 N–H and O–H groups in total. The second-order valence-electron chi connectivity index (χ2n) is 10.3. The third kappa shape index (κ3) is 8.62. The molecule has 0 saturated heterocycles. The summed E-state index contributed by atoms with van der Waals surface area (Å²) < 4.78 is 9.72. The van der Waals surface area contributed by atoms with Crippen LogP contribution in [0, 0.1) is 10.1 Å². The number of ether oxygens (including phenoxy) is 2. The van der Waals surface area contributed by atoms with Gasteiger partial charge in [-0.2, -0.15) is 9.97 Å². The SMILES string of the molecule is COC(=O)c1cc([N+](=O)[O-])ccc1NCCCC[C@H](C(=O)OC)c1ccc(C(=O)NNC(=O)Cc2cnc3nc(N)nc(N)c3n2)cc1. The molecule has 0 fully saturated rings. The fraction of sp³-hybridized carbons (Fsp3) is 0.267. The number of nitro groups is 1. The van der Waals surface area contributed by atoms with Crippen molar-refractivity contribution in [3.63, 3.8) is 0 Å². The Morgan fingerprint density at radius 2 is 1.71 bits per heavy atom. The second kappa shape index (κ2) is 15.7. The number of carbonyl (C=O) groups excluding carboxylic acids is 4. The molecule has 0 aliphatic heterocycles. The Hall–Kier alpha value is -6.46. The van der Waals surface area contributed by atoms with Crippen LogP contribution < -0.4 is 27.6 Å². The summed E-state index contributed by atoms with van der Waals surface area (Å²) in [7, 11) is 2.47. The Labute approximate surface area is 272 Å². The van der Waals surface area contributed by atoms with Gasteiger partial charge in [0, 0.05) is 29.9 Å². The zero-order chi connectivity index (χ0) is 34.8. The lowest BCUT2D eigenvalue weighted by molar-refractivity contribution is -0.384. The van der Waals surface area contributed by atoms with E-state index in [4.69, 9.17) is 20.9 Å². The van der Waals surface area contributed by atoms with E-state index in [-0.39, 0.29) is 51.9 Å². The number of amides is 2. The summed E-state index contributed by atoms with van der Waals surface area (Å²) in [6, 6.07) is 10.1. The minimum absolute atomic E-state index is 0.0192. The van der Waals surface area contributed by atoms with Crippen LogP contribution in [0.1, 0.15) is 57.2 Å². The standard InChI is InChI=1S/C30H32N10O8/c1-47-28(43)20(5-3-4-12-33-22-11-10-19(40(45)46)14-21(22)29(44)48-2)16-6-8-17(9-7-16)27(42)39-38-23(41)13-18-15-34-26-24(35-18)25(31)36-30(32)37-26/h6-11,14-15,20,33H,3-5,12-13H2,1-2H3,(H,38,41)(H,39,42)(H4,31,32,34,36,37)/t20-/m0/s1. The second-order valence-corrected chi connectivity index (χ2v) is 10.3. The fourth-order valence-corrected chi connectivity index (χ4v) is 4.68. The average Bonchev–Trinajstić information content (AvgIpc) is 3.08. The number of esters is 2. The van der Waals surface area contributed by atoms with Gasteiger partial charge in [0.15, 0.2) is 17.0 Å². The number of unbranched alkanes of at least 4 members (excludes halogenated alkanes) is 1. The van der Waals surface area contributed by atoms with Gasteiger partial charge in [0.05, 0.1) is 48.9 Å². The summed E-state index contributed by atoms with van der Waals surface area (Å²) in [5.74, 6) is -2.98. The lowest BCUT2D eigenvalue weighted by Crippen LogP contribution is -2.42. The number of rotatable bonds is 13. The number of methoxy groups -OCH3 is 2. The molecule has 2 amide bonds. The number of carbonyl (C=O) groups is 4. The summed E-state index contributed by atoms with van der Waals surface area (Å²) in [5.41, 5.74) is 17.7. The van der Waals surface area contributed by atoms with Gasteiger partial charge in [-0.15, -0.1) is 0 Å². The Balaban J connectivity index is 1.29. The van der Waals surface area contributed by atoms with Crippen molar-refractivity contribution in [1.29, 1.82) is 0 Å². The predicted octanol–water partition coefficient (Wildman–Crippen LogP) is 1.82. The van der Waals surface area contributed by atoms with Crippen molar-refractivity contribution in [1.82, 2.24) is 30.8 Å². The van der Waals surface area contributed by atoms with Crippen molar-refractivity contribution in [3.05, 3.63) is 81.2 Å². The Bertz CT molecular complexity index is 1850. The van der Waals surface area contributed by atoms with Crippen LogP contribution in [0.5, 0.6) is 0 Å². The van der Waals surface area contributed by atoms with Crippen molar-refractivity contribution in [3.8, 4) is 0 Å². The van der Waals surface area contributed by atoms with E-state index in [1.54, 1.807) is 12.1 Å². The van der Waals surface area contributed by atoms with Crippen LogP contribution in [0.15, 0.2) is 48.7 Å². The maximum absolute atomic E-state index is 12.7. The molecule has 18 heteroatoms. The van der Waals surface area contributed by atoms with Crippen LogP contribution in [0.4, 0.5) is 23.1 Å². The van der Waals surface area contributed by atoms with Gasteiger partial charge in [-0.25, -0.2) is 14.8 Å². The highest BCUT2D eigenvalue weighted by Crippen LogP contribution is 2.26. The van der Waals surface area contributed by atoms with Gasteiger partial charge in [-0.05, 0) is 36.6 Å². The summed E-state index contributed by atoms with van der Waals surface area (Å²) in [5, 5.41) is 14.2. The summed E-state index contributed by atoms with van der Waals surface area (Å²) in [6.07, 6.45) is 2.71. The minimum atomic E-state index is -0.712. The molecule has 4 aromatic rings. The minimum Gasteiger partial charge on any atom is -0.469 e. The van der Waals surface area contributed by atoms with Crippen LogP contribution in [-0.2, 0) is 25.5 Å². The fourth-order valence-electron chi connectivity index (χ4n) is 4.68. The first-order chi connectivity index (χ1) is 23.0. The van der Waals surface area contributed by atoms with Crippen LogP contribution in [0.25, 0.3) is 11.2 Å². The smallest absolute Gasteiger partial charge is 0.340 e. The van der Waals surface area contributed by atoms with E-state index in [1.165, 1.54) is 44.7 Å². The molecule has 0 saturated carbocycles.